The van der Waals surface area contributed by atoms with Gasteiger partial charge in [0.05, 0.1) is 19.2 Å². The van der Waals surface area contributed by atoms with E-state index in [1.165, 1.54) is 0 Å². The first-order valence-electron chi connectivity index (χ1n) is 7.81. The number of para-hydroxylation sites is 2. The Morgan fingerprint density at radius 1 is 1.27 bits per heavy atom. The predicted molar refractivity (Wildman–Crippen MR) is 86.9 cm³/mol. The van der Waals surface area contributed by atoms with Gasteiger partial charge in [-0.2, -0.15) is 0 Å². The molecule has 124 valence electrons. The van der Waals surface area contributed by atoms with Gasteiger partial charge in [-0.05, 0) is 24.0 Å². The lowest BCUT2D eigenvalue weighted by molar-refractivity contribution is -0.667. The van der Waals surface area contributed by atoms with Gasteiger partial charge in [0.2, 0.25) is 0 Å². The van der Waals surface area contributed by atoms with Crippen LogP contribution in [0.3, 0.4) is 0 Å². The van der Waals surface area contributed by atoms with Crippen molar-refractivity contribution < 1.29 is 22.1 Å². The molecule has 1 aromatic carbocycles. The molecule has 1 atom stereocenters. The van der Waals surface area contributed by atoms with Gasteiger partial charge in [0, 0.05) is 0 Å². The van der Waals surface area contributed by atoms with Crippen molar-refractivity contribution in [1.29, 1.82) is 0 Å². The summed E-state index contributed by atoms with van der Waals surface area (Å²) >= 11 is 0. The van der Waals surface area contributed by atoms with E-state index in [-0.39, 0.29) is 17.8 Å². The average molecular weight is 326 g/mol. The van der Waals surface area contributed by atoms with Crippen molar-refractivity contribution in [3.8, 4) is 0 Å². The van der Waals surface area contributed by atoms with Gasteiger partial charge < -0.3 is 17.5 Å². The highest BCUT2D eigenvalue weighted by Crippen LogP contribution is 2.22. The number of nitrogens with two attached hydrogens (primary N) is 1. The van der Waals surface area contributed by atoms with Gasteiger partial charge in [-0.1, -0.05) is 46.2 Å². The van der Waals surface area contributed by atoms with Crippen molar-refractivity contribution in [1.82, 2.24) is 4.57 Å². The van der Waals surface area contributed by atoms with E-state index in [9.17, 15) is 5.11 Å². The second-order valence-electron chi connectivity index (χ2n) is 6.84. The summed E-state index contributed by atoms with van der Waals surface area (Å²) in [7, 11) is 0. The Labute approximate surface area is 139 Å². The Hall–Kier alpha value is -1.26. The molecule has 1 unspecified atom stereocenters. The van der Waals surface area contributed by atoms with E-state index in [0.29, 0.717) is 6.54 Å². The lowest BCUT2D eigenvalue weighted by Crippen LogP contribution is -3.00. The standard InChI is InChI=1S/C17H27N3O.ClH/c1-5-6-11-19-13-9-7-8-10-14(13)20(16(19)18)12-15(21)17(2,3)4;/h7-10,15,18,21H,5-6,11-12H2,1-4H3;1H. The number of nitrogens with zero attached hydrogens (tertiary/aromatic N) is 2. The summed E-state index contributed by atoms with van der Waals surface area (Å²) in [5, 5.41) is 10.4. The van der Waals surface area contributed by atoms with Crippen LogP contribution < -0.4 is 22.7 Å². The van der Waals surface area contributed by atoms with Crippen LogP contribution in [-0.2, 0) is 13.1 Å². The predicted octanol–water partition coefficient (Wildman–Crippen LogP) is -0.278. The maximum atomic E-state index is 10.4. The van der Waals surface area contributed by atoms with E-state index in [4.69, 9.17) is 5.73 Å². The lowest BCUT2D eigenvalue weighted by atomic mass is 9.89. The Balaban J connectivity index is 0.00000242. The van der Waals surface area contributed by atoms with Crippen molar-refractivity contribution in [3.05, 3.63) is 24.3 Å². The van der Waals surface area contributed by atoms with Crippen molar-refractivity contribution >= 4 is 17.0 Å². The smallest absolute Gasteiger partial charge is 0.356 e. The molecule has 0 saturated heterocycles. The van der Waals surface area contributed by atoms with Crippen LogP contribution in [0.4, 0.5) is 5.95 Å². The number of aromatic nitrogens is 2. The van der Waals surface area contributed by atoms with E-state index >= 15 is 0 Å². The zero-order valence-electron chi connectivity index (χ0n) is 14.0. The van der Waals surface area contributed by atoms with Gasteiger partial charge >= 0.3 is 5.95 Å². The Kier molecular flexibility index (Phi) is 6.27. The third-order valence-corrected chi connectivity index (χ3v) is 4.11. The highest BCUT2D eigenvalue weighted by Gasteiger charge is 2.28. The molecule has 0 aliphatic carbocycles. The molecular formula is C17H28ClN3O. The van der Waals surface area contributed by atoms with Crippen LogP contribution in [-0.4, -0.2) is 15.8 Å². The minimum Gasteiger partial charge on any atom is -1.00 e. The van der Waals surface area contributed by atoms with Gasteiger partial charge in [0.1, 0.15) is 11.0 Å². The van der Waals surface area contributed by atoms with Crippen molar-refractivity contribution in [2.45, 2.75) is 59.7 Å². The third-order valence-electron chi connectivity index (χ3n) is 4.11. The van der Waals surface area contributed by atoms with E-state index in [0.717, 1.165) is 36.4 Å². The van der Waals surface area contributed by atoms with Crippen LogP contribution in [0.25, 0.3) is 11.0 Å². The van der Waals surface area contributed by atoms with Crippen LogP contribution in [0.5, 0.6) is 0 Å². The Morgan fingerprint density at radius 2 is 1.91 bits per heavy atom. The minimum absolute atomic E-state index is 0. The molecule has 2 aromatic rings. The quantitative estimate of drug-likeness (QED) is 0.743. The summed E-state index contributed by atoms with van der Waals surface area (Å²) in [6.07, 6.45) is 1.80. The van der Waals surface area contributed by atoms with E-state index in [2.05, 4.69) is 23.6 Å². The van der Waals surface area contributed by atoms with Crippen molar-refractivity contribution in [2.24, 2.45) is 5.41 Å². The Bertz CT molecular complexity index is 616. The molecule has 5 heteroatoms. The molecule has 0 spiro atoms. The van der Waals surface area contributed by atoms with E-state index in [1.807, 2.05) is 37.5 Å². The van der Waals surface area contributed by atoms with Gasteiger partial charge in [0.25, 0.3) is 0 Å². The number of aryl methyl sites for hydroxylation is 1. The first-order valence-corrected chi connectivity index (χ1v) is 7.81. The van der Waals surface area contributed by atoms with Crippen LogP contribution >= 0.6 is 0 Å². The van der Waals surface area contributed by atoms with Crippen LogP contribution in [0, 0.1) is 5.41 Å². The number of anilines is 1. The molecule has 1 heterocycles. The van der Waals surface area contributed by atoms with Crippen molar-refractivity contribution in [2.75, 3.05) is 5.73 Å². The molecule has 3 N–H and O–H groups in total. The summed E-state index contributed by atoms with van der Waals surface area (Å²) in [5.74, 6) is 0.730. The number of hydrogen-bond donors (Lipinski definition) is 2. The largest absolute Gasteiger partial charge is 1.00 e. The van der Waals surface area contributed by atoms with Gasteiger partial charge in [0.15, 0.2) is 0 Å². The summed E-state index contributed by atoms with van der Waals surface area (Å²) in [4.78, 5) is 0. The molecule has 0 radical (unpaired) electrons. The minimum atomic E-state index is -0.435. The number of unbranched alkanes of at least 4 members (excludes halogenated alkanes) is 1. The normalized spacial score (nSPS) is 13.1. The molecule has 0 bridgehead atoms. The van der Waals surface area contributed by atoms with Crippen LogP contribution in [0.2, 0.25) is 0 Å². The highest BCUT2D eigenvalue weighted by molar-refractivity contribution is 5.73. The fraction of sp³-hybridized carbons (Fsp3) is 0.588. The SMILES string of the molecule is CCCCn1c(N)[n+](CC(O)C(C)(C)C)c2ccccc21.[Cl-]. The summed E-state index contributed by atoms with van der Waals surface area (Å²) in [5.41, 5.74) is 8.44. The molecule has 0 saturated carbocycles. The van der Waals surface area contributed by atoms with E-state index < -0.39 is 6.10 Å². The number of hydrogen-bond acceptors (Lipinski definition) is 2. The zero-order valence-corrected chi connectivity index (χ0v) is 14.8. The monoisotopic (exact) mass is 325 g/mol. The van der Waals surface area contributed by atoms with Crippen LogP contribution in [0.15, 0.2) is 24.3 Å². The zero-order chi connectivity index (χ0) is 15.6. The van der Waals surface area contributed by atoms with Gasteiger partial charge in [-0.3, -0.25) is 5.73 Å². The Morgan fingerprint density at radius 3 is 2.50 bits per heavy atom. The first kappa shape index (κ1) is 18.8. The molecule has 0 amide bonds. The molecule has 22 heavy (non-hydrogen) atoms. The first-order chi connectivity index (χ1) is 9.86. The number of aliphatic hydroxyl groups is 1. The molecule has 2 rings (SSSR count). The number of aliphatic hydroxyl groups excluding tert-OH is 1. The topological polar surface area (TPSA) is 55.1 Å². The molecule has 0 aliphatic rings. The summed E-state index contributed by atoms with van der Waals surface area (Å²) < 4.78 is 4.20. The average Bonchev–Trinajstić information content (AvgIpc) is 2.69. The third kappa shape index (κ3) is 3.73. The van der Waals surface area contributed by atoms with Crippen LogP contribution in [0.1, 0.15) is 40.5 Å². The number of nitrogen functional groups attached to an aromatic ring is 1. The number of imidazole rings is 1. The molecule has 4 nitrogen and oxygen atoms in total. The second-order valence-corrected chi connectivity index (χ2v) is 6.84. The molecule has 1 aromatic heterocycles. The van der Waals surface area contributed by atoms with E-state index in [1.54, 1.807) is 0 Å². The second kappa shape index (κ2) is 7.34. The number of rotatable bonds is 5. The maximum Gasteiger partial charge on any atom is 0.356 e. The molecule has 0 aliphatic heterocycles. The molecular weight excluding hydrogens is 298 g/mol. The number of benzene rings is 1. The van der Waals surface area contributed by atoms with Crippen molar-refractivity contribution in [3.63, 3.8) is 0 Å². The maximum absolute atomic E-state index is 10.4. The summed E-state index contributed by atoms with van der Waals surface area (Å²) in [6.45, 7) is 9.76. The number of fused-ring (bicyclic) bond motifs is 1. The highest BCUT2D eigenvalue weighted by atomic mass is 35.5. The fourth-order valence-electron chi connectivity index (χ4n) is 2.50. The number of halogens is 1. The van der Waals surface area contributed by atoms with Gasteiger partial charge in [-0.25, -0.2) is 9.13 Å². The summed E-state index contributed by atoms with van der Waals surface area (Å²) in [6, 6.07) is 8.23. The lowest BCUT2D eigenvalue weighted by Gasteiger charge is -2.24. The fourth-order valence-corrected chi connectivity index (χ4v) is 2.50. The van der Waals surface area contributed by atoms with Gasteiger partial charge in [-0.15, -0.1) is 0 Å². The molecule has 0 fully saturated rings.